The zero-order chi connectivity index (χ0) is 18.8. The molecule has 0 spiro atoms. The molecule has 1 fully saturated rings. The summed E-state index contributed by atoms with van der Waals surface area (Å²) in [4.78, 5) is 27.6. The predicted molar refractivity (Wildman–Crippen MR) is 105 cm³/mol. The van der Waals surface area contributed by atoms with Gasteiger partial charge in [-0.3, -0.25) is 14.9 Å². The van der Waals surface area contributed by atoms with Crippen molar-refractivity contribution in [3.63, 3.8) is 0 Å². The number of benzene rings is 2. The van der Waals surface area contributed by atoms with Gasteiger partial charge in [-0.25, -0.2) is 4.98 Å². The van der Waals surface area contributed by atoms with Crippen molar-refractivity contribution in [2.24, 2.45) is 0 Å². The number of rotatable bonds is 6. The van der Waals surface area contributed by atoms with E-state index in [0.29, 0.717) is 17.4 Å². The Hall–Kier alpha value is -3.26. The SMILES string of the molecule is O=C(Nc1ccc(-c2nccs2)cc1)c1ccc(NC2CC2)c([N+](=O)[O-])c1. The van der Waals surface area contributed by atoms with E-state index in [9.17, 15) is 14.9 Å². The summed E-state index contributed by atoms with van der Waals surface area (Å²) in [6.45, 7) is 0. The molecule has 0 unspecified atom stereocenters. The molecule has 2 aromatic carbocycles. The van der Waals surface area contributed by atoms with Gasteiger partial charge in [-0.1, -0.05) is 0 Å². The van der Waals surface area contributed by atoms with Crippen LogP contribution in [0, 0.1) is 10.1 Å². The molecular weight excluding hydrogens is 364 g/mol. The third-order valence-corrected chi connectivity index (χ3v) is 5.04. The summed E-state index contributed by atoms with van der Waals surface area (Å²) < 4.78 is 0. The first kappa shape index (κ1) is 17.2. The summed E-state index contributed by atoms with van der Waals surface area (Å²) in [5, 5.41) is 20.0. The first-order chi connectivity index (χ1) is 13.1. The molecule has 4 rings (SSSR count). The van der Waals surface area contributed by atoms with Crippen LogP contribution in [0.2, 0.25) is 0 Å². The molecule has 0 aliphatic heterocycles. The molecule has 0 bridgehead atoms. The topological polar surface area (TPSA) is 97.2 Å². The average molecular weight is 380 g/mol. The van der Waals surface area contributed by atoms with Gasteiger partial charge in [0, 0.05) is 40.5 Å². The van der Waals surface area contributed by atoms with Gasteiger partial charge in [0.05, 0.1) is 4.92 Å². The number of aromatic nitrogens is 1. The number of thiazole rings is 1. The van der Waals surface area contributed by atoms with E-state index in [0.717, 1.165) is 23.4 Å². The smallest absolute Gasteiger partial charge is 0.293 e. The van der Waals surface area contributed by atoms with E-state index in [2.05, 4.69) is 15.6 Å². The molecule has 136 valence electrons. The van der Waals surface area contributed by atoms with Crippen molar-refractivity contribution >= 4 is 34.3 Å². The molecule has 7 nitrogen and oxygen atoms in total. The molecule has 2 N–H and O–H groups in total. The Kier molecular flexibility index (Phi) is 4.55. The van der Waals surface area contributed by atoms with Crippen molar-refractivity contribution in [1.29, 1.82) is 0 Å². The molecule has 1 heterocycles. The highest BCUT2D eigenvalue weighted by Gasteiger charge is 2.25. The van der Waals surface area contributed by atoms with Crippen LogP contribution in [0.1, 0.15) is 23.2 Å². The molecule has 0 atom stereocenters. The molecular formula is C19H16N4O3S. The van der Waals surface area contributed by atoms with Crippen LogP contribution in [0.4, 0.5) is 17.1 Å². The van der Waals surface area contributed by atoms with E-state index >= 15 is 0 Å². The van der Waals surface area contributed by atoms with Gasteiger partial charge in [0.2, 0.25) is 0 Å². The summed E-state index contributed by atoms with van der Waals surface area (Å²) in [7, 11) is 0. The van der Waals surface area contributed by atoms with E-state index in [-0.39, 0.29) is 11.3 Å². The summed E-state index contributed by atoms with van der Waals surface area (Å²) in [5.74, 6) is -0.391. The van der Waals surface area contributed by atoms with Crippen LogP contribution >= 0.6 is 11.3 Å². The maximum absolute atomic E-state index is 12.5. The second-order valence-corrected chi connectivity index (χ2v) is 7.17. The molecule has 8 heteroatoms. The van der Waals surface area contributed by atoms with E-state index < -0.39 is 10.8 Å². The molecule has 1 aromatic heterocycles. The van der Waals surface area contributed by atoms with Crippen molar-refractivity contribution in [1.82, 2.24) is 4.98 Å². The molecule has 1 saturated carbocycles. The van der Waals surface area contributed by atoms with Gasteiger partial charge in [0.25, 0.3) is 11.6 Å². The molecule has 1 aliphatic rings. The van der Waals surface area contributed by atoms with Crippen molar-refractivity contribution in [3.8, 4) is 10.6 Å². The Morgan fingerprint density at radius 3 is 2.59 bits per heavy atom. The second-order valence-electron chi connectivity index (χ2n) is 6.28. The van der Waals surface area contributed by atoms with Gasteiger partial charge in [-0.2, -0.15) is 0 Å². The number of amides is 1. The molecule has 0 saturated heterocycles. The lowest BCUT2D eigenvalue weighted by Crippen LogP contribution is -2.13. The number of nitro benzene ring substituents is 1. The summed E-state index contributed by atoms with van der Waals surface area (Å²) >= 11 is 1.54. The first-order valence-electron chi connectivity index (χ1n) is 8.46. The highest BCUT2D eigenvalue weighted by molar-refractivity contribution is 7.13. The average Bonchev–Trinajstić information content (AvgIpc) is 3.31. The fourth-order valence-electron chi connectivity index (χ4n) is 2.66. The fraction of sp³-hybridized carbons (Fsp3) is 0.158. The number of anilines is 2. The Labute approximate surface area is 159 Å². The van der Waals surface area contributed by atoms with Crippen LogP contribution in [0.25, 0.3) is 10.6 Å². The van der Waals surface area contributed by atoms with Crippen LogP contribution in [-0.4, -0.2) is 21.9 Å². The number of hydrogen-bond donors (Lipinski definition) is 2. The zero-order valence-electron chi connectivity index (χ0n) is 14.2. The van der Waals surface area contributed by atoms with Gasteiger partial charge in [-0.05, 0) is 49.2 Å². The fourth-order valence-corrected chi connectivity index (χ4v) is 3.30. The van der Waals surface area contributed by atoms with Crippen molar-refractivity contribution in [2.75, 3.05) is 10.6 Å². The Morgan fingerprint density at radius 2 is 1.96 bits per heavy atom. The highest BCUT2D eigenvalue weighted by atomic mass is 32.1. The van der Waals surface area contributed by atoms with Gasteiger partial charge >= 0.3 is 0 Å². The number of carbonyl (C=O) groups is 1. The summed E-state index contributed by atoms with van der Waals surface area (Å²) in [5.41, 5.74) is 2.19. The highest BCUT2D eigenvalue weighted by Crippen LogP contribution is 2.32. The second kappa shape index (κ2) is 7.16. The van der Waals surface area contributed by atoms with Crippen LogP contribution in [-0.2, 0) is 0 Å². The minimum atomic E-state index is -0.468. The maximum atomic E-state index is 12.5. The number of carbonyl (C=O) groups excluding carboxylic acids is 1. The Balaban J connectivity index is 1.50. The predicted octanol–water partition coefficient (Wildman–Crippen LogP) is 4.54. The van der Waals surface area contributed by atoms with Crippen molar-refractivity contribution in [3.05, 3.63) is 69.7 Å². The van der Waals surface area contributed by atoms with Gasteiger partial charge < -0.3 is 10.6 Å². The molecule has 1 amide bonds. The number of hydrogen-bond acceptors (Lipinski definition) is 6. The van der Waals surface area contributed by atoms with E-state index in [1.807, 2.05) is 17.5 Å². The van der Waals surface area contributed by atoms with Crippen LogP contribution in [0.5, 0.6) is 0 Å². The first-order valence-corrected chi connectivity index (χ1v) is 9.34. The van der Waals surface area contributed by atoms with Crippen molar-refractivity contribution in [2.45, 2.75) is 18.9 Å². The largest absolute Gasteiger partial charge is 0.377 e. The summed E-state index contributed by atoms with van der Waals surface area (Å²) in [6.07, 6.45) is 3.76. The van der Waals surface area contributed by atoms with Gasteiger partial charge in [0.15, 0.2) is 0 Å². The lowest BCUT2D eigenvalue weighted by molar-refractivity contribution is -0.384. The number of nitrogens with one attached hydrogen (secondary N) is 2. The number of nitro groups is 1. The molecule has 27 heavy (non-hydrogen) atoms. The molecule has 1 aliphatic carbocycles. The molecule has 0 radical (unpaired) electrons. The monoisotopic (exact) mass is 380 g/mol. The van der Waals surface area contributed by atoms with E-state index in [4.69, 9.17) is 0 Å². The van der Waals surface area contributed by atoms with Crippen LogP contribution in [0.3, 0.4) is 0 Å². The molecule has 3 aromatic rings. The lowest BCUT2D eigenvalue weighted by atomic mass is 10.1. The normalized spacial score (nSPS) is 13.2. The van der Waals surface area contributed by atoms with Crippen LogP contribution < -0.4 is 10.6 Å². The quantitative estimate of drug-likeness (QED) is 0.483. The minimum Gasteiger partial charge on any atom is -0.377 e. The Bertz CT molecular complexity index is 983. The Morgan fingerprint density at radius 1 is 1.19 bits per heavy atom. The van der Waals surface area contributed by atoms with Gasteiger partial charge in [0.1, 0.15) is 10.7 Å². The number of nitrogens with zero attached hydrogens (tertiary/aromatic N) is 2. The van der Waals surface area contributed by atoms with Crippen LogP contribution in [0.15, 0.2) is 54.0 Å². The lowest BCUT2D eigenvalue weighted by Gasteiger charge is -2.09. The third-order valence-electron chi connectivity index (χ3n) is 4.22. The summed E-state index contributed by atoms with van der Waals surface area (Å²) in [6, 6.07) is 12.1. The van der Waals surface area contributed by atoms with E-state index in [1.54, 1.807) is 30.5 Å². The van der Waals surface area contributed by atoms with E-state index in [1.165, 1.54) is 17.4 Å². The standard InChI is InChI=1S/C19H16N4O3S/c24-18(22-15-4-1-12(2-5-15)19-20-9-10-27-19)13-3-8-16(21-14-6-7-14)17(11-13)23(25)26/h1-5,8-11,14,21H,6-7H2,(H,22,24). The third kappa shape index (κ3) is 3.95. The zero-order valence-corrected chi connectivity index (χ0v) is 15.0. The minimum absolute atomic E-state index is 0.0892. The van der Waals surface area contributed by atoms with Crippen molar-refractivity contribution < 1.29 is 9.72 Å². The maximum Gasteiger partial charge on any atom is 0.293 e. The van der Waals surface area contributed by atoms with Gasteiger partial charge in [-0.15, -0.1) is 11.3 Å².